The smallest absolute Gasteiger partial charge is 0.123 e. The third-order valence-electron chi connectivity index (χ3n) is 2.84. The van der Waals surface area contributed by atoms with Crippen LogP contribution in [0.3, 0.4) is 0 Å². The highest BCUT2D eigenvalue weighted by atomic mass is 32.1. The zero-order chi connectivity index (χ0) is 13.8. The monoisotopic (exact) mass is 280 g/mol. The second kappa shape index (κ2) is 6.23. The number of hydrogen-bond acceptors (Lipinski definition) is 4. The summed E-state index contributed by atoms with van der Waals surface area (Å²) < 4.78 is 12.8. The maximum atomic E-state index is 12.8. The van der Waals surface area contributed by atoms with Crippen LogP contribution in [0.5, 0.6) is 0 Å². The summed E-state index contributed by atoms with van der Waals surface area (Å²) in [6.45, 7) is 3.16. The van der Waals surface area contributed by atoms with Gasteiger partial charge in [-0.15, -0.1) is 11.3 Å². The number of nitrogens with zero attached hydrogens (tertiary/aromatic N) is 2. The minimum atomic E-state index is -0.620. The Bertz CT molecular complexity index is 526. The van der Waals surface area contributed by atoms with Gasteiger partial charge in [0.15, 0.2) is 0 Å². The molecule has 1 unspecified atom stereocenters. The fourth-order valence-electron chi connectivity index (χ4n) is 1.91. The van der Waals surface area contributed by atoms with E-state index in [1.54, 1.807) is 23.5 Å². The molecule has 19 heavy (non-hydrogen) atoms. The first-order valence-electron chi connectivity index (χ1n) is 6.07. The molecule has 0 aliphatic heterocycles. The van der Waals surface area contributed by atoms with Gasteiger partial charge >= 0.3 is 0 Å². The van der Waals surface area contributed by atoms with Crippen molar-refractivity contribution in [3.8, 4) is 0 Å². The van der Waals surface area contributed by atoms with E-state index in [0.29, 0.717) is 13.1 Å². The zero-order valence-corrected chi connectivity index (χ0v) is 11.8. The molecule has 0 saturated carbocycles. The SMILES string of the molecule is Cc1nc(CN(C)CC(O)c2ccc(F)cc2)cs1. The Morgan fingerprint density at radius 1 is 1.37 bits per heavy atom. The van der Waals surface area contributed by atoms with Crippen molar-refractivity contribution in [2.75, 3.05) is 13.6 Å². The molecule has 2 aromatic rings. The lowest BCUT2D eigenvalue weighted by Gasteiger charge is -2.19. The number of rotatable bonds is 5. The summed E-state index contributed by atoms with van der Waals surface area (Å²) >= 11 is 1.62. The molecule has 1 heterocycles. The molecule has 0 aliphatic rings. The Kier molecular flexibility index (Phi) is 4.63. The summed E-state index contributed by atoms with van der Waals surface area (Å²) in [7, 11) is 1.93. The minimum Gasteiger partial charge on any atom is -0.387 e. The number of hydrogen-bond donors (Lipinski definition) is 1. The van der Waals surface area contributed by atoms with E-state index in [4.69, 9.17) is 0 Å². The molecule has 1 N–H and O–H groups in total. The lowest BCUT2D eigenvalue weighted by atomic mass is 10.1. The van der Waals surface area contributed by atoms with Crippen molar-refractivity contribution in [2.45, 2.75) is 19.6 Å². The molecule has 0 spiro atoms. The molecule has 3 nitrogen and oxygen atoms in total. The Morgan fingerprint density at radius 3 is 2.63 bits per heavy atom. The first-order chi connectivity index (χ1) is 9.04. The third kappa shape index (κ3) is 4.09. The Balaban J connectivity index is 1.91. The summed E-state index contributed by atoms with van der Waals surface area (Å²) in [6.07, 6.45) is -0.620. The van der Waals surface area contributed by atoms with Crippen LogP contribution < -0.4 is 0 Å². The molecule has 2 rings (SSSR count). The molecule has 102 valence electrons. The van der Waals surface area contributed by atoms with Gasteiger partial charge in [0.05, 0.1) is 16.8 Å². The van der Waals surface area contributed by atoms with Gasteiger partial charge in [-0.2, -0.15) is 0 Å². The Labute approximate surface area is 116 Å². The zero-order valence-electron chi connectivity index (χ0n) is 11.0. The average Bonchev–Trinajstić information content (AvgIpc) is 2.75. The normalized spacial score (nSPS) is 12.9. The number of benzene rings is 1. The molecule has 0 amide bonds. The van der Waals surface area contributed by atoms with E-state index >= 15 is 0 Å². The minimum absolute atomic E-state index is 0.290. The van der Waals surface area contributed by atoms with Crippen LogP contribution in [0.4, 0.5) is 4.39 Å². The summed E-state index contributed by atoms with van der Waals surface area (Å²) in [5, 5.41) is 13.2. The molecular weight excluding hydrogens is 263 g/mol. The van der Waals surface area contributed by atoms with E-state index in [2.05, 4.69) is 4.98 Å². The maximum Gasteiger partial charge on any atom is 0.123 e. The van der Waals surface area contributed by atoms with Crippen molar-refractivity contribution in [3.63, 3.8) is 0 Å². The largest absolute Gasteiger partial charge is 0.387 e. The van der Waals surface area contributed by atoms with Crippen LogP contribution >= 0.6 is 11.3 Å². The van der Waals surface area contributed by atoms with E-state index in [9.17, 15) is 9.50 Å². The van der Waals surface area contributed by atoms with Gasteiger partial charge in [-0.05, 0) is 31.7 Å². The third-order valence-corrected chi connectivity index (χ3v) is 3.66. The van der Waals surface area contributed by atoms with Gasteiger partial charge in [-0.25, -0.2) is 9.37 Å². The van der Waals surface area contributed by atoms with E-state index in [0.717, 1.165) is 16.3 Å². The standard InChI is InChI=1S/C14H17FN2OS/c1-10-16-13(9-19-10)7-17(2)8-14(18)11-3-5-12(15)6-4-11/h3-6,9,14,18H,7-8H2,1-2H3. The molecule has 0 fully saturated rings. The Morgan fingerprint density at radius 2 is 2.05 bits per heavy atom. The fourth-order valence-corrected chi connectivity index (χ4v) is 2.51. The van der Waals surface area contributed by atoms with Crippen LogP contribution in [-0.4, -0.2) is 28.6 Å². The van der Waals surface area contributed by atoms with Crippen LogP contribution in [0, 0.1) is 12.7 Å². The molecule has 1 aromatic carbocycles. The molecule has 0 bridgehead atoms. The number of halogens is 1. The lowest BCUT2D eigenvalue weighted by Crippen LogP contribution is -2.24. The van der Waals surface area contributed by atoms with E-state index in [1.807, 2.05) is 24.3 Å². The first kappa shape index (κ1) is 14.1. The highest BCUT2D eigenvalue weighted by Crippen LogP contribution is 2.16. The number of likely N-dealkylation sites (N-methyl/N-ethyl adjacent to an activating group) is 1. The second-order valence-corrected chi connectivity index (χ2v) is 5.68. The Hall–Kier alpha value is -1.30. The second-order valence-electron chi connectivity index (χ2n) is 4.62. The van der Waals surface area contributed by atoms with Crippen molar-refractivity contribution in [1.82, 2.24) is 9.88 Å². The molecule has 1 aromatic heterocycles. The predicted molar refractivity (Wildman–Crippen MR) is 74.5 cm³/mol. The predicted octanol–water partition coefficient (Wildman–Crippen LogP) is 2.76. The number of aliphatic hydroxyl groups excluding tert-OH is 1. The molecule has 0 aliphatic carbocycles. The van der Waals surface area contributed by atoms with Crippen LogP contribution in [0.15, 0.2) is 29.6 Å². The average molecular weight is 280 g/mol. The van der Waals surface area contributed by atoms with Crippen molar-refractivity contribution < 1.29 is 9.50 Å². The molecule has 5 heteroatoms. The van der Waals surface area contributed by atoms with Gasteiger partial charge < -0.3 is 5.11 Å². The van der Waals surface area contributed by atoms with Crippen LogP contribution in [0.25, 0.3) is 0 Å². The summed E-state index contributed by atoms with van der Waals surface area (Å²) in [5.74, 6) is -0.290. The number of aromatic nitrogens is 1. The van der Waals surface area contributed by atoms with Gasteiger partial charge in [0.1, 0.15) is 5.82 Å². The molecule has 0 radical (unpaired) electrons. The summed E-state index contributed by atoms with van der Waals surface area (Å²) in [5.41, 5.74) is 1.74. The van der Waals surface area contributed by atoms with Gasteiger partial charge in [0.2, 0.25) is 0 Å². The molecular formula is C14H17FN2OS. The van der Waals surface area contributed by atoms with Crippen molar-refractivity contribution in [2.24, 2.45) is 0 Å². The number of aryl methyl sites for hydroxylation is 1. The summed E-state index contributed by atoms with van der Waals surface area (Å²) in [4.78, 5) is 6.39. The maximum absolute atomic E-state index is 12.8. The van der Waals surface area contributed by atoms with Crippen molar-refractivity contribution in [1.29, 1.82) is 0 Å². The lowest BCUT2D eigenvalue weighted by molar-refractivity contribution is 0.123. The van der Waals surface area contributed by atoms with E-state index in [-0.39, 0.29) is 5.82 Å². The van der Waals surface area contributed by atoms with Gasteiger partial charge in [0.25, 0.3) is 0 Å². The topological polar surface area (TPSA) is 36.4 Å². The van der Waals surface area contributed by atoms with Crippen molar-refractivity contribution in [3.05, 3.63) is 51.7 Å². The van der Waals surface area contributed by atoms with Crippen molar-refractivity contribution >= 4 is 11.3 Å². The number of aliphatic hydroxyl groups is 1. The van der Waals surface area contributed by atoms with Gasteiger partial charge in [-0.3, -0.25) is 4.90 Å². The summed E-state index contributed by atoms with van der Waals surface area (Å²) in [6, 6.07) is 5.95. The highest BCUT2D eigenvalue weighted by molar-refractivity contribution is 7.09. The van der Waals surface area contributed by atoms with Crippen LogP contribution in [0.1, 0.15) is 22.4 Å². The fraction of sp³-hybridized carbons (Fsp3) is 0.357. The number of thiazole rings is 1. The van der Waals surface area contributed by atoms with Gasteiger partial charge in [0, 0.05) is 18.5 Å². The van der Waals surface area contributed by atoms with E-state index < -0.39 is 6.10 Å². The highest BCUT2D eigenvalue weighted by Gasteiger charge is 2.12. The van der Waals surface area contributed by atoms with Crippen LogP contribution in [-0.2, 0) is 6.54 Å². The first-order valence-corrected chi connectivity index (χ1v) is 6.95. The van der Waals surface area contributed by atoms with E-state index in [1.165, 1.54) is 12.1 Å². The molecule has 1 atom stereocenters. The molecule has 0 saturated heterocycles. The van der Waals surface area contributed by atoms with Crippen LogP contribution in [0.2, 0.25) is 0 Å². The van der Waals surface area contributed by atoms with Gasteiger partial charge in [-0.1, -0.05) is 12.1 Å². The quantitative estimate of drug-likeness (QED) is 0.915.